The van der Waals surface area contributed by atoms with Gasteiger partial charge in [0.05, 0.1) is 10.4 Å². The summed E-state index contributed by atoms with van der Waals surface area (Å²) in [6.45, 7) is 1.07. The lowest BCUT2D eigenvalue weighted by molar-refractivity contribution is -0.128. The Morgan fingerprint density at radius 3 is 3.05 bits per heavy atom. The predicted molar refractivity (Wildman–Crippen MR) is 75.2 cm³/mol. The van der Waals surface area contributed by atoms with Crippen molar-refractivity contribution in [2.45, 2.75) is 11.8 Å². The number of piperidine rings is 1. The van der Waals surface area contributed by atoms with E-state index < -0.39 is 5.82 Å². The van der Waals surface area contributed by atoms with E-state index in [9.17, 15) is 9.18 Å². The maximum Gasteiger partial charge on any atom is 0.272 e. The van der Waals surface area contributed by atoms with Gasteiger partial charge < -0.3 is 4.74 Å². The molecule has 1 saturated heterocycles. The highest BCUT2D eigenvalue weighted by Gasteiger charge is 2.19. The maximum atomic E-state index is 13.2. The number of hydrogen-bond donors (Lipinski definition) is 1. The molecule has 0 saturated carbocycles. The minimum absolute atomic E-state index is 0.0134. The molecule has 1 aliphatic rings. The van der Waals surface area contributed by atoms with E-state index in [1.807, 2.05) is 6.42 Å². The summed E-state index contributed by atoms with van der Waals surface area (Å²) < 4.78 is 18.4. The number of nitrogens with zero attached hydrogens (tertiary/aromatic N) is 1. The summed E-state index contributed by atoms with van der Waals surface area (Å²) in [7, 11) is 0. The standard InChI is InChI=1S/C13H14Cl2FN2O2/c14-9-2-1-5-18(7-9)17-13(19)8-20-10-3-4-11(15)12(16)6-10/h2-4,6,9H,1,5,7-8H2,(H,17,19). The number of alkyl halides is 1. The zero-order valence-corrected chi connectivity index (χ0v) is 12.1. The lowest BCUT2D eigenvalue weighted by atomic mass is 10.1. The van der Waals surface area contributed by atoms with Crippen LogP contribution in [0.25, 0.3) is 0 Å². The Bertz CT molecular complexity index is 487. The van der Waals surface area contributed by atoms with E-state index in [0.29, 0.717) is 13.1 Å². The van der Waals surface area contributed by atoms with Crippen molar-refractivity contribution >= 4 is 29.1 Å². The second-order valence-electron chi connectivity index (χ2n) is 4.39. The number of rotatable bonds is 4. The zero-order valence-electron chi connectivity index (χ0n) is 10.6. The van der Waals surface area contributed by atoms with Crippen LogP contribution in [0.4, 0.5) is 4.39 Å². The summed E-state index contributed by atoms with van der Waals surface area (Å²) in [5.41, 5.74) is 2.69. The van der Waals surface area contributed by atoms with Crippen molar-refractivity contribution < 1.29 is 13.9 Å². The molecule has 0 aromatic heterocycles. The van der Waals surface area contributed by atoms with Crippen LogP contribution in [0.3, 0.4) is 0 Å². The number of carbonyl (C=O) groups excluding carboxylic acids is 1. The Kier molecular flexibility index (Phi) is 5.46. The minimum Gasteiger partial charge on any atom is -0.484 e. The molecule has 2 rings (SSSR count). The van der Waals surface area contributed by atoms with Crippen molar-refractivity contribution in [1.29, 1.82) is 0 Å². The highest BCUT2D eigenvalue weighted by molar-refractivity contribution is 6.30. The van der Waals surface area contributed by atoms with Gasteiger partial charge in [0.1, 0.15) is 11.6 Å². The number of hydrazine groups is 1. The lowest BCUT2D eigenvalue weighted by Crippen LogP contribution is -2.49. The van der Waals surface area contributed by atoms with Crippen molar-refractivity contribution in [3.05, 3.63) is 35.5 Å². The van der Waals surface area contributed by atoms with E-state index in [1.54, 1.807) is 5.01 Å². The van der Waals surface area contributed by atoms with Gasteiger partial charge in [-0.1, -0.05) is 11.6 Å². The topological polar surface area (TPSA) is 41.6 Å². The number of ether oxygens (including phenoxy) is 1. The molecule has 20 heavy (non-hydrogen) atoms. The first kappa shape index (κ1) is 15.4. The molecule has 1 unspecified atom stereocenters. The molecular weight excluding hydrogens is 306 g/mol. The first-order chi connectivity index (χ1) is 9.54. The predicted octanol–water partition coefficient (Wildman–Crippen LogP) is 2.41. The van der Waals surface area contributed by atoms with Crippen molar-refractivity contribution in [1.82, 2.24) is 10.4 Å². The van der Waals surface area contributed by atoms with Gasteiger partial charge in [0.15, 0.2) is 6.61 Å². The van der Waals surface area contributed by atoms with Crippen LogP contribution in [0, 0.1) is 12.2 Å². The molecule has 1 atom stereocenters. The fraction of sp³-hybridized carbons (Fsp3) is 0.385. The monoisotopic (exact) mass is 319 g/mol. The van der Waals surface area contributed by atoms with Gasteiger partial charge in [-0.3, -0.25) is 10.2 Å². The summed E-state index contributed by atoms with van der Waals surface area (Å²) in [5.74, 6) is -0.642. The zero-order chi connectivity index (χ0) is 14.5. The highest BCUT2D eigenvalue weighted by Crippen LogP contribution is 2.20. The SMILES string of the molecule is O=C(COc1ccc(Cl)c(F)c1)NN1CC[CH]C(Cl)C1. The number of halogens is 3. The molecule has 1 amide bonds. The number of benzene rings is 1. The second-order valence-corrected chi connectivity index (χ2v) is 5.35. The van der Waals surface area contributed by atoms with Gasteiger partial charge in [0.2, 0.25) is 0 Å². The molecule has 0 aliphatic carbocycles. The van der Waals surface area contributed by atoms with Crippen molar-refractivity contribution in [3.8, 4) is 5.75 Å². The normalized spacial score (nSPS) is 19.6. The maximum absolute atomic E-state index is 13.2. The average molecular weight is 320 g/mol. The molecule has 1 aromatic rings. The average Bonchev–Trinajstić information content (AvgIpc) is 2.40. The van der Waals surface area contributed by atoms with Gasteiger partial charge in [-0.25, -0.2) is 9.40 Å². The number of hydrogen-bond acceptors (Lipinski definition) is 3. The van der Waals surface area contributed by atoms with E-state index in [2.05, 4.69) is 5.43 Å². The van der Waals surface area contributed by atoms with Crippen molar-refractivity contribution in [2.75, 3.05) is 19.7 Å². The van der Waals surface area contributed by atoms with Crippen molar-refractivity contribution in [3.63, 3.8) is 0 Å². The van der Waals surface area contributed by atoms with Crippen LogP contribution in [0.15, 0.2) is 18.2 Å². The van der Waals surface area contributed by atoms with Gasteiger partial charge >= 0.3 is 0 Å². The molecular formula is C13H14Cl2FN2O2. The Morgan fingerprint density at radius 2 is 2.35 bits per heavy atom. The first-order valence-corrected chi connectivity index (χ1v) is 6.95. The molecule has 0 bridgehead atoms. The first-order valence-electron chi connectivity index (χ1n) is 6.14. The molecule has 0 spiro atoms. The lowest BCUT2D eigenvalue weighted by Gasteiger charge is -2.29. The van der Waals surface area contributed by atoms with E-state index in [4.69, 9.17) is 27.9 Å². The van der Waals surface area contributed by atoms with Crippen LogP contribution >= 0.6 is 23.2 Å². The van der Waals surface area contributed by atoms with Gasteiger partial charge in [0, 0.05) is 19.2 Å². The van der Waals surface area contributed by atoms with Crippen molar-refractivity contribution in [2.24, 2.45) is 0 Å². The largest absolute Gasteiger partial charge is 0.484 e. The fourth-order valence-corrected chi connectivity index (χ4v) is 2.22. The molecule has 109 valence electrons. The van der Waals surface area contributed by atoms with Gasteiger partial charge in [-0.2, -0.15) is 0 Å². The quantitative estimate of drug-likeness (QED) is 0.866. The summed E-state index contributed by atoms with van der Waals surface area (Å²) in [6, 6.07) is 4.02. The van der Waals surface area contributed by atoms with Crippen LogP contribution in [0.5, 0.6) is 5.75 Å². The molecule has 1 N–H and O–H groups in total. The van der Waals surface area contributed by atoms with Crippen LogP contribution in [0.2, 0.25) is 5.02 Å². The smallest absolute Gasteiger partial charge is 0.272 e. The fourth-order valence-electron chi connectivity index (χ4n) is 1.81. The molecule has 1 aromatic carbocycles. The molecule has 1 fully saturated rings. The molecule has 1 heterocycles. The van der Waals surface area contributed by atoms with Gasteiger partial charge in [0.25, 0.3) is 5.91 Å². The van der Waals surface area contributed by atoms with Gasteiger partial charge in [-0.15, -0.1) is 11.6 Å². The van der Waals surface area contributed by atoms with Crippen LogP contribution in [-0.4, -0.2) is 36.0 Å². The third-order valence-electron chi connectivity index (χ3n) is 2.76. The van der Waals surface area contributed by atoms with E-state index in [0.717, 1.165) is 12.5 Å². The van der Waals surface area contributed by atoms with Crippen LogP contribution in [0.1, 0.15) is 6.42 Å². The number of nitrogens with one attached hydrogen (secondary N) is 1. The minimum atomic E-state index is -0.582. The molecule has 4 nitrogen and oxygen atoms in total. The Balaban J connectivity index is 1.78. The van der Waals surface area contributed by atoms with Crippen LogP contribution < -0.4 is 10.2 Å². The highest BCUT2D eigenvalue weighted by atomic mass is 35.5. The second kappa shape index (κ2) is 7.11. The summed E-state index contributed by atoms with van der Waals surface area (Å²) in [4.78, 5) is 11.7. The summed E-state index contributed by atoms with van der Waals surface area (Å²) in [6.07, 6.45) is 2.81. The van der Waals surface area contributed by atoms with E-state index in [1.165, 1.54) is 12.1 Å². The van der Waals surface area contributed by atoms with Crippen LogP contribution in [-0.2, 0) is 4.79 Å². The third-order valence-corrected chi connectivity index (χ3v) is 3.38. The Labute approximate surface area is 126 Å². The van der Waals surface area contributed by atoms with E-state index in [-0.39, 0.29) is 28.7 Å². The molecule has 1 aliphatic heterocycles. The third kappa shape index (κ3) is 4.51. The molecule has 1 radical (unpaired) electrons. The number of carbonyl (C=O) groups is 1. The van der Waals surface area contributed by atoms with E-state index >= 15 is 0 Å². The number of amides is 1. The Morgan fingerprint density at radius 1 is 1.55 bits per heavy atom. The summed E-state index contributed by atoms with van der Waals surface area (Å²) in [5, 5.41) is 1.68. The Hall–Kier alpha value is -1.04. The molecule has 7 heteroatoms. The summed E-state index contributed by atoms with van der Waals surface area (Å²) >= 11 is 11.5. The van der Waals surface area contributed by atoms with Gasteiger partial charge in [-0.05, 0) is 25.0 Å².